The van der Waals surface area contributed by atoms with Gasteiger partial charge in [-0.25, -0.2) is 4.79 Å². The van der Waals surface area contributed by atoms with E-state index in [1.165, 1.54) is 11.8 Å². The van der Waals surface area contributed by atoms with E-state index in [9.17, 15) is 9.59 Å². The monoisotopic (exact) mass is 369 g/mol. The average molecular weight is 369 g/mol. The third-order valence-electron chi connectivity index (χ3n) is 3.35. The summed E-state index contributed by atoms with van der Waals surface area (Å²) in [5.74, 6) is -0.851. The Morgan fingerprint density at radius 3 is 2.58 bits per heavy atom. The van der Waals surface area contributed by atoms with E-state index in [4.69, 9.17) is 9.15 Å². The van der Waals surface area contributed by atoms with Crippen molar-refractivity contribution in [2.75, 3.05) is 18.2 Å². The molecule has 1 heterocycles. The number of amides is 1. The fourth-order valence-electron chi connectivity index (χ4n) is 2.15. The van der Waals surface area contributed by atoms with Crippen molar-refractivity contribution in [1.82, 2.24) is 10.2 Å². The molecule has 26 heavy (non-hydrogen) atoms. The first-order valence-corrected chi connectivity index (χ1v) is 8.89. The van der Waals surface area contributed by atoms with Gasteiger partial charge in [-0.15, -0.1) is 16.9 Å². The second-order valence-electron chi connectivity index (χ2n) is 5.10. The van der Waals surface area contributed by atoms with Crippen LogP contribution in [0.3, 0.4) is 0 Å². The number of nitrogens with zero attached hydrogens (tertiary/aromatic N) is 2. The van der Waals surface area contributed by atoms with Crippen molar-refractivity contribution in [1.29, 1.82) is 0 Å². The molecule has 8 heteroatoms. The molecule has 0 radical (unpaired) electrons. The van der Waals surface area contributed by atoms with Gasteiger partial charge < -0.3 is 9.15 Å². The molecule has 132 valence electrons. The summed E-state index contributed by atoms with van der Waals surface area (Å²) < 4.78 is 10.4. The largest absolute Gasteiger partial charge is 0.452 e. The topological polar surface area (TPSA) is 94.3 Å². The first-order valence-electron chi connectivity index (χ1n) is 7.66. The number of nitrogens with one attached hydrogen (secondary N) is 1. The van der Waals surface area contributed by atoms with Crippen LogP contribution in [0.5, 0.6) is 0 Å². The highest BCUT2D eigenvalue weighted by Gasteiger charge is 2.15. The van der Waals surface area contributed by atoms with Gasteiger partial charge in [0.1, 0.15) is 0 Å². The molecule has 3 rings (SSSR count). The second-order valence-corrected chi connectivity index (χ2v) is 5.95. The molecule has 2 aromatic carbocycles. The molecule has 0 saturated heterocycles. The van der Waals surface area contributed by atoms with Crippen molar-refractivity contribution in [3.05, 3.63) is 60.2 Å². The van der Waals surface area contributed by atoms with Crippen molar-refractivity contribution >= 4 is 29.7 Å². The molecule has 1 aromatic heterocycles. The molecule has 0 aliphatic carbocycles. The Morgan fingerprint density at radius 1 is 1.08 bits per heavy atom. The summed E-state index contributed by atoms with van der Waals surface area (Å²) in [7, 11) is 0. The van der Waals surface area contributed by atoms with Crippen LogP contribution >= 0.6 is 11.8 Å². The summed E-state index contributed by atoms with van der Waals surface area (Å²) in [6.07, 6.45) is 1.86. The van der Waals surface area contributed by atoms with Gasteiger partial charge in [0.25, 0.3) is 5.91 Å². The van der Waals surface area contributed by atoms with E-state index >= 15 is 0 Å². The van der Waals surface area contributed by atoms with Gasteiger partial charge in [-0.05, 0) is 30.5 Å². The number of rotatable bonds is 6. The standard InChI is InChI=1S/C18H15N3O4S/c1-26-14-10-6-5-9-13(14)17(23)24-11-15(22)19-18-21-20-16(25-18)12-7-3-2-4-8-12/h2-10H,11H2,1H3,(H,19,21,22). The second kappa shape index (κ2) is 8.30. The van der Waals surface area contributed by atoms with Gasteiger partial charge in [-0.3, -0.25) is 10.1 Å². The predicted octanol–water partition coefficient (Wildman–Crippen LogP) is 3.25. The van der Waals surface area contributed by atoms with Crippen LogP contribution < -0.4 is 5.32 Å². The highest BCUT2D eigenvalue weighted by molar-refractivity contribution is 7.98. The van der Waals surface area contributed by atoms with Crippen molar-refractivity contribution in [2.45, 2.75) is 4.90 Å². The predicted molar refractivity (Wildman–Crippen MR) is 96.9 cm³/mol. The van der Waals surface area contributed by atoms with Crippen molar-refractivity contribution < 1.29 is 18.7 Å². The van der Waals surface area contributed by atoms with Crippen LogP contribution in [0.1, 0.15) is 10.4 Å². The highest BCUT2D eigenvalue weighted by Crippen LogP contribution is 2.21. The van der Waals surface area contributed by atoms with E-state index in [0.717, 1.165) is 10.5 Å². The molecular weight excluding hydrogens is 354 g/mol. The fourth-order valence-corrected chi connectivity index (χ4v) is 2.73. The van der Waals surface area contributed by atoms with Crippen LogP contribution in [-0.4, -0.2) is 34.9 Å². The van der Waals surface area contributed by atoms with Gasteiger partial charge in [0.05, 0.1) is 5.56 Å². The maximum Gasteiger partial charge on any atom is 0.339 e. The van der Waals surface area contributed by atoms with Crippen LogP contribution in [0.15, 0.2) is 63.9 Å². The molecule has 0 aliphatic heterocycles. The summed E-state index contributed by atoms with van der Waals surface area (Å²) in [4.78, 5) is 24.8. The third kappa shape index (κ3) is 4.28. The highest BCUT2D eigenvalue weighted by atomic mass is 32.2. The molecule has 0 spiro atoms. The zero-order valence-electron chi connectivity index (χ0n) is 13.8. The van der Waals surface area contributed by atoms with Crippen LogP contribution in [-0.2, 0) is 9.53 Å². The molecular formula is C18H15N3O4S. The van der Waals surface area contributed by atoms with Crippen LogP contribution in [0.25, 0.3) is 11.5 Å². The molecule has 0 atom stereocenters. The normalized spacial score (nSPS) is 10.3. The zero-order valence-corrected chi connectivity index (χ0v) is 14.7. The lowest BCUT2D eigenvalue weighted by Gasteiger charge is -2.07. The maximum atomic E-state index is 12.1. The Hall–Kier alpha value is -3.13. The number of hydrogen-bond acceptors (Lipinski definition) is 7. The molecule has 0 aliphatic rings. The number of thioether (sulfide) groups is 1. The van der Waals surface area contributed by atoms with Crippen LogP contribution in [0, 0.1) is 0 Å². The minimum absolute atomic E-state index is 0.0607. The summed E-state index contributed by atoms with van der Waals surface area (Å²) in [5, 5.41) is 10.0. The van der Waals surface area contributed by atoms with E-state index < -0.39 is 18.5 Å². The number of aromatic nitrogens is 2. The average Bonchev–Trinajstić information content (AvgIpc) is 3.15. The van der Waals surface area contributed by atoms with Crippen LogP contribution in [0.2, 0.25) is 0 Å². The minimum Gasteiger partial charge on any atom is -0.452 e. The Kier molecular flexibility index (Phi) is 5.65. The Bertz CT molecular complexity index is 912. The minimum atomic E-state index is -0.569. The number of carbonyl (C=O) groups excluding carboxylic acids is 2. The van der Waals surface area contributed by atoms with Gasteiger partial charge in [0.2, 0.25) is 5.89 Å². The Labute approximate surface area is 153 Å². The molecule has 7 nitrogen and oxygen atoms in total. The Balaban J connectivity index is 1.56. The molecule has 1 amide bonds. The van der Waals surface area contributed by atoms with Crippen molar-refractivity contribution in [3.8, 4) is 11.5 Å². The van der Waals surface area contributed by atoms with Gasteiger partial charge in [-0.1, -0.05) is 35.4 Å². The summed E-state index contributed by atoms with van der Waals surface area (Å²) in [5.41, 5.74) is 1.15. The fraction of sp³-hybridized carbons (Fsp3) is 0.111. The van der Waals surface area contributed by atoms with Gasteiger partial charge in [-0.2, -0.15) is 0 Å². The number of carbonyl (C=O) groups is 2. The Morgan fingerprint density at radius 2 is 1.81 bits per heavy atom. The zero-order chi connectivity index (χ0) is 18.4. The quantitative estimate of drug-likeness (QED) is 0.526. The van der Waals surface area contributed by atoms with E-state index in [0.29, 0.717) is 5.56 Å². The summed E-state index contributed by atoms with van der Waals surface area (Å²) >= 11 is 1.43. The lowest BCUT2D eigenvalue weighted by molar-refractivity contribution is -0.119. The molecule has 0 bridgehead atoms. The van der Waals surface area contributed by atoms with E-state index in [-0.39, 0.29) is 11.9 Å². The van der Waals surface area contributed by atoms with E-state index in [2.05, 4.69) is 15.5 Å². The van der Waals surface area contributed by atoms with E-state index in [1.807, 2.05) is 48.7 Å². The van der Waals surface area contributed by atoms with Crippen molar-refractivity contribution in [2.24, 2.45) is 0 Å². The first-order chi connectivity index (χ1) is 12.7. The lowest BCUT2D eigenvalue weighted by atomic mass is 10.2. The van der Waals surface area contributed by atoms with Crippen molar-refractivity contribution in [3.63, 3.8) is 0 Å². The maximum absolute atomic E-state index is 12.1. The van der Waals surface area contributed by atoms with E-state index in [1.54, 1.807) is 12.1 Å². The number of esters is 1. The SMILES string of the molecule is CSc1ccccc1C(=O)OCC(=O)Nc1nnc(-c2ccccc2)o1. The number of benzene rings is 2. The molecule has 1 N–H and O–H groups in total. The first kappa shape index (κ1) is 17.7. The number of hydrogen-bond donors (Lipinski definition) is 1. The van der Waals surface area contributed by atoms with Gasteiger partial charge in [0.15, 0.2) is 6.61 Å². The summed E-state index contributed by atoms with van der Waals surface area (Å²) in [6, 6.07) is 16.1. The molecule has 0 saturated carbocycles. The molecule has 3 aromatic rings. The van der Waals surface area contributed by atoms with Crippen LogP contribution in [0.4, 0.5) is 6.01 Å². The van der Waals surface area contributed by atoms with Gasteiger partial charge in [0, 0.05) is 10.5 Å². The number of anilines is 1. The lowest BCUT2D eigenvalue weighted by Crippen LogP contribution is -2.21. The third-order valence-corrected chi connectivity index (χ3v) is 4.15. The molecule has 0 unspecified atom stereocenters. The number of ether oxygens (including phenoxy) is 1. The molecule has 0 fully saturated rings. The smallest absolute Gasteiger partial charge is 0.339 e. The van der Waals surface area contributed by atoms with Gasteiger partial charge >= 0.3 is 12.0 Å². The summed E-state index contributed by atoms with van der Waals surface area (Å²) in [6.45, 7) is -0.454.